The van der Waals surface area contributed by atoms with Gasteiger partial charge in [0.2, 0.25) is 6.29 Å². The number of halogens is 1. The Morgan fingerprint density at radius 3 is 2.38 bits per heavy atom. The molecule has 0 radical (unpaired) electrons. The molecule has 1 saturated carbocycles. The first-order valence-electron chi connectivity index (χ1n) is 11.3. The highest BCUT2D eigenvalue weighted by Gasteiger charge is 2.33. The molecule has 1 heterocycles. The first kappa shape index (κ1) is 22.5. The lowest BCUT2D eigenvalue weighted by molar-refractivity contribution is -0.155. The summed E-state index contributed by atoms with van der Waals surface area (Å²) in [7, 11) is 0. The minimum Gasteiger partial charge on any atom is -0.459 e. The van der Waals surface area contributed by atoms with Crippen LogP contribution >= 0.6 is 0 Å². The third-order valence-corrected chi connectivity index (χ3v) is 6.33. The number of allylic oxidation sites excluding steroid dienone is 1. The summed E-state index contributed by atoms with van der Waals surface area (Å²) >= 11 is 0. The molecule has 4 rings (SSSR count). The number of rotatable bonds is 8. The highest BCUT2D eigenvalue weighted by Crippen LogP contribution is 2.38. The van der Waals surface area contributed by atoms with Gasteiger partial charge >= 0.3 is 0 Å². The molecule has 6 heteroatoms. The Morgan fingerprint density at radius 2 is 1.69 bits per heavy atom. The number of carbonyl (C=O) groups is 1. The van der Waals surface area contributed by atoms with Crippen molar-refractivity contribution in [1.82, 2.24) is 5.32 Å². The monoisotopic (exact) mass is 439 g/mol. The fourth-order valence-electron chi connectivity index (χ4n) is 4.46. The fourth-order valence-corrected chi connectivity index (χ4v) is 4.46. The van der Waals surface area contributed by atoms with Crippen molar-refractivity contribution >= 4 is 5.91 Å². The Morgan fingerprint density at radius 1 is 1.03 bits per heavy atom. The Balaban J connectivity index is 1.39. The molecule has 2 atom stereocenters. The Kier molecular flexibility index (Phi) is 7.55. The van der Waals surface area contributed by atoms with Crippen LogP contribution in [0, 0.1) is 17.7 Å². The van der Waals surface area contributed by atoms with Gasteiger partial charge in [0.1, 0.15) is 5.82 Å². The Labute approximate surface area is 188 Å². The van der Waals surface area contributed by atoms with Crippen molar-refractivity contribution in [3.05, 3.63) is 82.9 Å². The van der Waals surface area contributed by atoms with E-state index in [4.69, 9.17) is 9.47 Å². The van der Waals surface area contributed by atoms with Crippen LogP contribution < -0.4 is 5.32 Å². The van der Waals surface area contributed by atoms with Gasteiger partial charge in [0, 0.05) is 13.0 Å². The summed E-state index contributed by atoms with van der Waals surface area (Å²) in [5.41, 5.74) is 2.66. The van der Waals surface area contributed by atoms with Crippen molar-refractivity contribution < 1.29 is 23.8 Å². The second kappa shape index (κ2) is 10.7. The predicted molar refractivity (Wildman–Crippen MR) is 118 cm³/mol. The van der Waals surface area contributed by atoms with Gasteiger partial charge in [0.05, 0.1) is 13.2 Å². The number of nitrogens with one attached hydrogen (secondary N) is 1. The maximum Gasteiger partial charge on any atom is 0.286 e. The van der Waals surface area contributed by atoms with Gasteiger partial charge in [-0.1, -0.05) is 49.2 Å². The van der Waals surface area contributed by atoms with Crippen LogP contribution in [0.4, 0.5) is 4.39 Å². The molecular formula is C26H30FNO4. The lowest BCUT2D eigenvalue weighted by Crippen LogP contribution is -2.34. The minimum atomic E-state index is -0.491. The molecule has 170 valence electrons. The molecule has 32 heavy (non-hydrogen) atoms. The van der Waals surface area contributed by atoms with Crippen molar-refractivity contribution in [3.8, 4) is 0 Å². The van der Waals surface area contributed by atoms with Crippen molar-refractivity contribution in [1.29, 1.82) is 0 Å². The quantitative estimate of drug-likeness (QED) is 0.632. The summed E-state index contributed by atoms with van der Waals surface area (Å²) < 4.78 is 25.1. The summed E-state index contributed by atoms with van der Waals surface area (Å²) in [6.45, 7) is 0.687. The van der Waals surface area contributed by atoms with E-state index in [1.807, 2.05) is 30.3 Å². The standard InChI is InChI=1S/C26H30FNO4/c27-23-11-9-18(10-12-23)15-28-26(30)24-13-22(21-3-1-2-4-21)14-25(32-24)31-17-20-7-5-19(16-29)6-8-20/h5-13,21-22,25,29H,1-4,14-17H2,(H,28,30)/t22-,25+/m0/s1. The average molecular weight is 440 g/mol. The minimum absolute atomic E-state index is 0.0110. The van der Waals surface area contributed by atoms with E-state index >= 15 is 0 Å². The van der Waals surface area contributed by atoms with Crippen molar-refractivity contribution in [2.24, 2.45) is 11.8 Å². The number of aliphatic hydroxyl groups excluding tert-OH is 1. The molecule has 0 unspecified atom stereocenters. The first-order chi connectivity index (χ1) is 15.6. The van der Waals surface area contributed by atoms with Gasteiger partial charge in [-0.3, -0.25) is 4.79 Å². The largest absolute Gasteiger partial charge is 0.459 e. The summed E-state index contributed by atoms with van der Waals surface area (Å²) in [5, 5.41) is 12.1. The highest BCUT2D eigenvalue weighted by atomic mass is 19.1. The molecule has 2 aromatic rings. The van der Waals surface area contributed by atoms with Crippen LogP contribution in [-0.2, 0) is 34.0 Å². The smallest absolute Gasteiger partial charge is 0.286 e. The average Bonchev–Trinajstić information content (AvgIpc) is 3.37. The number of ether oxygens (including phenoxy) is 2. The maximum absolute atomic E-state index is 13.1. The Bertz CT molecular complexity index is 920. The molecule has 1 fully saturated rings. The molecule has 1 amide bonds. The number of benzene rings is 2. The topological polar surface area (TPSA) is 67.8 Å². The summed E-state index contributed by atoms with van der Waals surface area (Å²) in [6, 6.07) is 13.7. The number of aliphatic hydroxyl groups is 1. The zero-order valence-corrected chi connectivity index (χ0v) is 18.1. The van der Waals surface area contributed by atoms with Crippen molar-refractivity contribution in [3.63, 3.8) is 0 Å². The van der Waals surface area contributed by atoms with Gasteiger partial charge in [-0.15, -0.1) is 0 Å². The highest BCUT2D eigenvalue weighted by molar-refractivity contribution is 5.91. The van der Waals surface area contributed by atoms with Crippen LogP contribution in [0.2, 0.25) is 0 Å². The molecule has 2 aliphatic rings. The SMILES string of the molecule is O=C(NCc1ccc(F)cc1)C1=C[C@H](C2CCCC2)C[C@H](OCc2ccc(CO)cc2)O1. The van der Waals surface area contributed by atoms with Crippen molar-refractivity contribution in [2.45, 2.75) is 58.2 Å². The number of hydrogen-bond donors (Lipinski definition) is 2. The zero-order chi connectivity index (χ0) is 22.3. The van der Waals surface area contributed by atoms with E-state index in [-0.39, 0.29) is 24.2 Å². The summed E-state index contributed by atoms with van der Waals surface area (Å²) in [6.07, 6.45) is 6.99. The van der Waals surface area contributed by atoms with Gasteiger partial charge < -0.3 is 19.9 Å². The third kappa shape index (κ3) is 5.96. The van der Waals surface area contributed by atoms with Crippen LogP contribution in [0.25, 0.3) is 0 Å². The van der Waals surface area contributed by atoms with Crippen molar-refractivity contribution in [2.75, 3.05) is 0 Å². The van der Waals surface area contributed by atoms with Gasteiger partial charge in [0.15, 0.2) is 5.76 Å². The van der Waals surface area contributed by atoms with E-state index in [0.717, 1.165) is 23.1 Å². The zero-order valence-electron chi connectivity index (χ0n) is 18.1. The van der Waals surface area contributed by atoms with E-state index in [1.54, 1.807) is 12.1 Å². The van der Waals surface area contributed by atoms with E-state index in [9.17, 15) is 14.3 Å². The molecule has 2 aromatic carbocycles. The van der Waals surface area contributed by atoms with Crippen LogP contribution in [0.3, 0.4) is 0 Å². The van der Waals surface area contributed by atoms with E-state index in [2.05, 4.69) is 5.32 Å². The maximum atomic E-state index is 13.1. The molecular weight excluding hydrogens is 409 g/mol. The first-order valence-corrected chi connectivity index (χ1v) is 11.3. The summed E-state index contributed by atoms with van der Waals surface area (Å²) in [5.74, 6) is 0.519. The molecule has 0 spiro atoms. The molecule has 0 bridgehead atoms. The normalized spacial score (nSPS) is 21.1. The number of amides is 1. The second-order valence-corrected chi connectivity index (χ2v) is 8.62. The third-order valence-electron chi connectivity index (χ3n) is 6.33. The van der Waals surface area contributed by atoms with E-state index in [0.29, 0.717) is 24.8 Å². The number of hydrogen-bond acceptors (Lipinski definition) is 4. The summed E-state index contributed by atoms with van der Waals surface area (Å²) in [4.78, 5) is 12.8. The van der Waals surface area contributed by atoms with Gasteiger partial charge in [-0.05, 0) is 59.6 Å². The molecule has 0 aromatic heterocycles. The van der Waals surface area contributed by atoms with E-state index < -0.39 is 6.29 Å². The predicted octanol–water partition coefficient (Wildman–Crippen LogP) is 4.59. The number of carbonyl (C=O) groups excluding carboxylic acids is 1. The van der Waals surface area contributed by atoms with Gasteiger partial charge in [-0.2, -0.15) is 0 Å². The second-order valence-electron chi connectivity index (χ2n) is 8.62. The van der Waals surface area contributed by atoms with Crippen LogP contribution in [0.15, 0.2) is 60.4 Å². The van der Waals surface area contributed by atoms with Crippen LogP contribution in [0.1, 0.15) is 48.8 Å². The molecule has 5 nitrogen and oxygen atoms in total. The molecule has 2 N–H and O–H groups in total. The van der Waals surface area contributed by atoms with E-state index in [1.165, 1.54) is 37.8 Å². The Hall–Kier alpha value is -2.70. The fraction of sp³-hybridized carbons (Fsp3) is 0.423. The lowest BCUT2D eigenvalue weighted by Gasteiger charge is -2.32. The van der Waals surface area contributed by atoms with Gasteiger partial charge in [-0.25, -0.2) is 4.39 Å². The molecule has 1 aliphatic carbocycles. The lowest BCUT2D eigenvalue weighted by atomic mass is 9.86. The molecule has 1 aliphatic heterocycles. The van der Waals surface area contributed by atoms with Crippen LogP contribution in [0.5, 0.6) is 0 Å². The van der Waals surface area contributed by atoms with Gasteiger partial charge in [0.25, 0.3) is 5.91 Å². The van der Waals surface area contributed by atoms with Crippen LogP contribution in [-0.4, -0.2) is 17.3 Å². The molecule has 0 saturated heterocycles.